The number of aromatic nitrogens is 2. The van der Waals surface area contributed by atoms with Gasteiger partial charge in [0, 0.05) is 23.7 Å². The first-order valence-electron chi connectivity index (χ1n) is 9.16. The molecule has 2 N–H and O–H groups in total. The Labute approximate surface area is 169 Å². The van der Waals surface area contributed by atoms with Crippen LogP contribution in [0.15, 0.2) is 48.5 Å². The molecule has 2 aromatic carbocycles. The molecule has 0 unspecified atom stereocenters. The maximum atomic E-state index is 11.3. The molecule has 0 atom stereocenters. The fraction of sp³-hybridized carbons (Fsp3) is 0.227. The Morgan fingerprint density at radius 2 is 1.83 bits per heavy atom. The van der Waals surface area contributed by atoms with E-state index in [1.165, 1.54) is 12.7 Å². The highest BCUT2D eigenvalue weighted by Gasteiger charge is 2.10. The predicted molar refractivity (Wildman–Crippen MR) is 111 cm³/mol. The fourth-order valence-electron chi connectivity index (χ4n) is 2.89. The van der Waals surface area contributed by atoms with Gasteiger partial charge in [0.05, 0.1) is 26.5 Å². The Morgan fingerprint density at radius 3 is 2.48 bits per heavy atom. The Bertz CT molecular complexity index is 974. The highest BCUT2D eigenvalue weighted by molar-refractivity contribution is 5.80. The van der Waals surface area contributed by atoms with Crippen molar-refractivity contribution in [3.05, 3.63) is 65.2 Å². The van der Waals surface area contributed by atoms with E-state index in [9.17, 15) is 9.90 Å². The van der Waals surface area contributed by atoms with Gasteiger partial charge in [-0.05, 0) is 35.7 Å². The summed E-state index contributed by atoms with van der Waals surface area (Å²) in [6, 6.07) is 15.2. The average molecular weight is 393 g/mol. The van der Waals surface area contributed by atoms with Gasteiger partial charge >= 0.3 is 6.01 Å². The molecule has 7 heteroatoms. The number of aliphatic hydroxyl groups is 1. The molecule has 3 rings (SSSR count). The molecule has 1 heterocycles. The molecular formula is C22H23N3O4. The molecule has 1 aromatic heterocycles. The fourth-order valence-corrected chi connectivity index (χ4v) is 2.89. The van der Waals surface area contributed by atoms with Gasteiger partial charge in [0.2, 0.25) is 0 Å². The number of nitrogens with one attached hydrogen (secondary N) is 1. The number of aldehydes is 1. The van der Waals surface area contributed by atoms with Crippen LogP contribution in [-0.4, -0.2) is 42.1 Å². The van der Waals surface area contributed by atoms with Crippen LogP contribution in [0.5, 0.6) is 11.8 Å². The molecule has 0 aliphatic heterocycles. The molecule has 3 aromatic rings. The van der Waals surface area contributed by atoms with Crippen LogP contribution in [0, 0.1) is 0 Å². The summed E-state index contributed by atoms with van der Waals surface area (Å²) in [6.07, 6.45) is 1.54. The molecule has 0 saturated carbocycles. The molecule has 0 saturated heterocycles. The van der Waals surface area contributed by atoms with E-state index in [-0.39, 0.29) is 12.6 Å². The van der Waals surface area contributed by atoms with Crippen molar-refractivity contribution >= 4 is 12.1 Å². The first kappa shape index (κ1) is 20.3. The van der Waals surface area contributed by atoms with Crippen molar-refractivity contribution in [1.29, 1.82) is 0 Å². The number of carbonyl (C=O) groups is 1. The number of benzene rings is 2. The quantitative estimate of drug-likeness (QED) is 0.540. The lowest BCUT2D eigenvalue weighted by Crippen LogP contribution is -2.08. The number of carbonyl (C=O) groups excluding carboxylic acids is 1. The normalized spacial score (nSPS) is 10.4. The number of hydrogen-bond donors (Lipinski definition) is 2. The Hall–Kier alpha value is -3.45. The summed E-state index contributed by atoms with van der Waals surface area (Å²) in [5, 5.41) is 12.6. The lowest BCUT2D eigenvalue weighted by atomic mass is 10.0. The SMILES string of the molecule is COc1ccc(CCNc2cc(-c3ccc(CO)c(C=O)c3)nc(OC)n2)cc1. The highest BCUT2D eigenvalue weighted by Crippen LogP contribution is 2.24. The first-order chi connectivity index (χ1) is 14.2. The van der Waals surface area contributed by atoms with Gasteiger partial charge in [-0.3, -0.25) is 4.79 Å². The van der Waals surface area contributed by atoms with Crippen molar-refractivity contribution in [2.45, 2.75) is 13.0 Å². The summed E-state index contributed by atoms with van der Waals surface area (Å²) in [7, 11) is 3.15. The van der Waals surface area contributed by atoms with Crippen molar-refractivity contribution in [2.24, 2.45) is 0 Å². The smallest absolute Gasteiger partial charge is 0.318 e. The Kier molecular flexibility index (Phi) is 6.76. The van der Waals surface area contributed by atoms with Crippen molar-refractivity contribution in [3.63, 3.8) is 0 Å². The number of ether oxygens (including phenoxy) is 2. The monoisotopic (exact) mass is 393 g/mol. The number of methoxy groups -OCH3 is 2. The minimum atomic E-state index is -0.195. The molecule has 29 heavy (non-hydrogen) atoms. The van der Waals surface area contributed by atoms with E-state index >= 15 is 0 Å². The van der Waals surface area contributed by atoms with Gasteiger partial charge in [0.15, 0.2) is 0 Å². The van der Waals surface area contributed by atoms with Gasteiger partial charge in [-0.25, -0.2) is 0 Å². The molecule has 0 bridgehead atoms. The third kappa shape index (κ3) is 5.08. The van der Waals surface area contributed by atoms with E-state index in [1.54, 1.807) is 25.3 Å². The molecule has 0 amide bonds. The molecule has 7 nitrogen and oxygen atoms in total. The molecular weight excluding hydrogens is 370 g/mol. The molecule has 0 radical (unpaired) electrons. The molecule has 150 valence electrons. The van der Waals surface area contributed by atoms with Gasteiger partial charge in [0.1, 0.15) is 17.9 Å². The van der Waals surface area contributed by atoms with Crippen LogP contribution >= 0.6 is 0 Å². The van der Waals surface area contributed by atoms with Crippen LogP contribution in [0.3, 0.4) is 0 Å². The summed E-state index contributed by atoms with van der Waals surface area (Å²) < 4.78 is 10.4. The summed E-state index contributed by atoms with van der Waals surface area (Å²) in [6.45, 7) is 0.481. The molecule has 0 spiro atoms. The number of nitrogens with zero attached hydrogens (tertiary/aromatic N) is 2. The van der Waals surface area contributed by atoms with Crippen LogP contribution < -0.4 is 14.8 Å². The summed E-state index contributed by atoms with van der Waals surface area (Å²) in [5.74, 6) is 1.45. The lowest BCUT2D eigenvalue weighted by molar-refractivity contribution is 0.112. The summed E-state index contributed by atoms with van der Waals surface area (Å²) in [5.41, 5.74) is 3.54. The van der Waals surface area contributed by atoms with Gasteiger partial charge in [-0.15, -0.1) is 0 Å². The zero-order chi connectivity index (χ0) is 20.6. The zero-order valence-electron chi connectivity index (χ0n) is 16.4. The zero-order valence-corrected chi connectivity index (χ0v) is 16.4. The largest absolute Gasteiger partial charge is 0.497 e. The molecule has 0 aliphatic carbocycles. The Balaban J connectivity index is 1.77. The maximum absolute atomic E-state index is 11.3. The molecule has 0 fully saturated rings. The lowest BCUT2D eigenvalue weighted by Gasteiger charge is -2.11. The van der Waals surface area contributed by atoms with E-state index < -0.39 is 0 Å². The van der Waals surface area contributed by atoms with Gasteiger partial charge in [-0.2, -0.15) is 9.97 Å². The minimum absolute atomic E-state index is 0.195. The van der Waals surface area contributed by atoms with E-state index in [2.05, 4.69) is 15.3 Å². The van der Waals surface area contributed by atoms with Crippen LogP contribution in [0.1, 0.15) is 21.5 Å². The third-order valence-corrected chi connectivity index (χ3v) is 4.51. The van der Waals surface area contributed by atoms with Crippen LogP contribution in [-0.2, 0) is 13.0 Å². The van der Waals surface area contributed by atoms with Crippen LogP contribution in [0.2, 0.25) is 0 Å². The highest BCUT2D eigenvalue weighted by atomic mass is 16.5. The van der Waals surface area contributed by atoms with Crippen LogP contribution in [0.4, 0.5) is 5.82 Å². The molecule has 0 aliphatic rings. The van der Waals surface area contributed by atoms with Crippen LogP contribution in [0.25, 0.3) is 11.3 Å². The second-order valence-corrected chi connectivity index (χ2v) is 6.34. The van der Waals surface area contributed by atoms with Crippen molar-refractivity contribution in [3.8, 4) is 23.0 Å². The number of anilines is 1. The Morgan fingerprint density at radius 1 is 1.03 bits per heavy atom. The minimum Gasteiger partial charge on any atom is -0.497 e. The predicted octanol–water partition coefficient (Wildman–Crippen LogP) is 3.12. The maximum Gasteiger partial charge on any atom is 0.318 e. The number of aliphatic hydroxyl groups excluding tert-OH is 1. The van der Waals surface area contributed by atoms with E-state index in [1.807, 2.05) is 30.3 Å². The standard InChI is InChI=1S/C22H23N3O4/c1-28-19-7-3-15(4-8-19)9-10-23-21-12-20(24-22(25-21)29-2)16-5-6-17(13-26)18(11-16)14-27/h3-8,11-12,14,26H,9-10,13H2,1-2H3,(H,23,24,25). The number of rotatable bonds is 9. The third-order valence-electron chi connectivity index (χ3n) is 4.51. The van der Waals surface area contributed by atoms with Crippen molar-refractivity contribution in [2.75, 3.05) is 26.1 Å². The second kappa shape index (κ2) is 9.66. The van der Waals surface area contributed by atoms with E-state index in [0.717, 1.165) is 24.0 Å². The van der Waals surface area contributed by atoms with Gasteiger partial charge in [0.25, 0.3) is 0 Å². The van der Waals surface area contributed by atoms with Crippen molar-refractivity contribution < 1.29 is 19.4 Å². The first-order valence-corrected chi connectivity index (χ1v) is 9.16. The average Bonchev–Trinajstić information content (AvgIpc) is 2.78. The summed E-state index contributed by atoms with van der Waals surface area (Å²) >= 11 is 0. The summed E-state index contributed by atoms with van der Waals surface area (Å²) in [4.78, 5) is 20.0. The van der Waals surface area contributed by atoms with Gasteiger partial charge < -0.3 is 19.9 Å². The van der Waals surface area contributed by atoms with E-state index in [4.69, 9.17) is 9.47 Å². The second-order valence-electron chi connectivity index (χ2n) is 6.34. The van der Waals surface area contributed by atoms with Crippen molar-refractivity contribution in [1.82, 2.24) is 9.97 Å². The number of hydrogen-bond acceptors (Lipinski definition) is 7. The topological polar surface area (TPSA) is 93.6 Å². The van der Waals surface area contributed by atoms with E-state index in [0.29, 0.717) is 29.2 Å². The van der Waals surface area contributed by atoms with Gasteiger partial charge in [-0.1, -0.05) is 24.3 Å².